The van der Waals surface area contributed by atoms with Crippen LogP contribution < -0.4 is 5.32 Å². The molecule has 0 radical (unpaired) electrons. The molecule has 0 aromatic heterocycles. The molecule has 0 heterocycles. The topological polar surface area (TPSA) is 83.5 Å². The quantitative estimate of drug-likeness (QED) is 0.752. The van der Waals surface area contributed by atoms with Gasteiger partial charge in [-0.15, -0.1) is 0 Å². The average molecular weight is 331 g/mol. The Labute approximate surface area is 142 Å². The summed E-state index contributed by atoms with van der Waals surface area (Å²) >= 11 is 0. The van der Waals surface area contributed by atoms with Crippen LogP contribution in [0.15, 0.2) is 24.3 Å². The second kappa shape index (κ2) is 8.08. The summed E-state index contributed by atoms with van der Waals surface area (Å²) in [6.07, 6.45) is 4.53. The average Bonchev–Trinajstić information content (AvgIpc) is 2.60. The Morgan fingerprint density at radius 1 is 1.04 bits per heavy atom. The van der Waals surface area contributed by atoms with Gasteiger partial charge >= 0.3 is 5.97 Å². The van der Waals surface area contributed by atoms with E-state index in [0.717, 1.165) is 31.2 Å². The predicted octanol–water partition coefficient (Wildman–Crippen LogP) is 3.12. The van der Waals surface area contributed by atoms with Crippen LogP contribution in [-0.2, 0) is 16.0 Å². The molecule has 0 unspecified atom stereocenters. The number of amides is 1. The molecule has 1 aromatic carbocycles. The number of carbonyl (C=O) groups excluding carboxylic acids is 2. The minimum Gasteiger partial charge on any atom is -0.480 e. The van der Waals surface area contributed by atoms with Crippen molar-refractivity contribution in [1.82, 2.24) is 5.32 Å². The molecular weight excluding hydrogens is 306 g/mol. The molecule has 0 saturated heterocycles. The van der Waals surface area contributed by atoms with E-state index in [1.54, 1.807) is 12.1 Å². The molecule has 0 spiro atoms. The summed E-state index contributed by atoms with van der Waals surface area (Å²) < 4.78 is 0. The lowest BCUT2D eigenvalue weighted by molar-refractivity contribution is -0.149. The van der Waals surface area contributed by atoms with Crippen molar-refractivity contribution < 1.29 is 19.5 Å². The fourth-order valence-corrected chi connectivity index (χ4v) is 3.17. The Morgan fingerprint density at radius 2 is 1.67 bits per heavy atom. The maximum atomic E-state index is 12.2. The highest BCUT2D eigenvalue weighted by Crippen LogP contribution is 2.28. The highest BCUT2D eigenvalue weighted by atomic mass is 16.4. The van der Waals surface area contributed by atoms with Crippen LogP contribution in [0.1, 0.15) is 67.8 Å². The highest BCUT2D eigenvalue weighted by molar-refractivity contribution is 5.98. The number of Topliss-reactive ketones (excluding diaryl/α,β-unsaturated/α-hetero) is 1. The van der Waals surface area contributed by atoms with Gasteiger partial charge < -0.3 is 10.4 Å². The third-order valence-corrected chi connectivity index (χ3v) is 4.76. The number of carboxylic acid groups (broad SMARTS) is 1. The summed E-state index contributed by atoms with van der Waals surface area (Å²) in [5, 5.41) is 12.1. The van der Waals surface area contributed by atoms with Crippen LogP contribution in [0.25, 0.3) is 0 Å². The van der Waals surface area contributed by atoms with Gasteiger partial charge in [0.15, 0.2) is 5.78 Å². The first-order valence-corrected chi connectivity index (χ1v) is 8.63. The molecule has 1 saturated carbocycles. The Hall–Kier alpha value is -2.17. The van der Waals surface area contributed by atoms with E-state index >= 15 is 0 Å². The van der Waals surface area contributed by atoms with Gasteiger partial charge in [-0.05, 0) is 24.8 Å². The lowest BCUT2D eigenvalue weighted by Gasteiger charge is -2.34. The zero-order valence-corrected chi connectivity index (χ0v) is 14.1. The molecular formula is C19H25NO4. The fourth-order valence-electron chi connectivity index (χ4n) is 3.17. The van der Waals surface area contributed by atoms with E-state index in [9.17, 15) is 19.5 Å². The van der Waals surface area contributed by atoms with Gasteiger partial charge in [-0.3, -0.25) is 9.59 Å². The lowest BCUT2D eigenvalue weighted by Crippen LogP contribution is -2.55. The molecule has 2 rings (SSSR count). The maximum absolute atomic E-state index is 12.2. The summed E-state index contributed by atoms with van der Waals surface area (Å²) in [4.78, 5) is 35.8. The molecule has 5 heteroatoms. The van der Waals surface area contributed by atoms with Crippen LogP contribution >= 0.6 is 0 Å². The summed E-state index contributed by atoms with van der Waals surface area (Å²) in [6, 6.07) is 7.38. The number of rotatable bonds is 7. The first-order chi connectivity index (χ1) is 11.5. The van der Waals surface area contributed by atoms with E-state index in [-0.39, 0.29) is 24.5 Å². The van der Waals surface area contributed by atoms with Gasteiger partial charge in [0.25, 0.3) is 0 Å². The van der Waals surface area contributed by atoms with E-state index in [1.165, 1.54) is 0 Å². The van der Waals surface area contributed by atoms with Crippen molar-refractivity contribution in [3.8, 4) is 0 Å². The Morgan fingerprint density at radius 3 is 2.21 bits per heavy atom. The lowest BCUT2D eigenvalue weighted by atomic mass is 9.81. The SMILES string of the molecule is CCc1ccc(C(=O)CCC(=O)NC2(C(=O)O)CCCCC2)cc1. The Bertz CT molecular complexity index is 600. The fraction of sp³-hybridized carbons (Fsp3) is 0.526. The highest BCUT2D eigenvalue weighted by Gasteiger charge is 2.40. The minimum atomic E-state index is -1.15. The molecule has 130 valence electrons. The van der Waals surface area contributed by atoms with Gasteiger partial charge in [0.05, 0.1) is 0 Å². The molecule has 0 aliphatic heterocycles. The van der Waals surface area contributed by atoms with Crippen LogP contribution in [0.2, 0.25) is 0 Å². The number of carbonyl (C=O) groups is 3. The number of aliphatic carboxylic acids is 1. The van der Waals surface area contributed by atoms with Gasteiger partial charge in [0.1, 0.15) is 5.54 Å². The summed E-state index contributed by atoms with van der Waals surface area (Å²) in [7, 11) is 0. The second-order valence-corrected chi connectivity index (χ2v) is 6.47. The van der Waals surface area contributed by atoms with Gasteiger partial charge in [0.2, 0.25) is 5.91 Å². The zero-order chi connectivity index (χ0) is 17.6. The first-order valence-electron chi connectivity index (χ1n) is 8.63. The Balaban J connectivity index is 1.89. The minimum absolute atomic E-state index is 0.0173. The second-order valence-electron chi connectivity index (χ2n) is 6.47. The molecule has 5 nitrogen and oxygen atoms in total. The van der Waals surface area contributed by atoms with E-state index in [0.29, 0.717) is 18.4 Å². The zero-order valence-electron chi connectivity index (χ0n) is 14.1. The first kappa shape index (κ1) is 18.2. The van der Waals surface area contributed by atoms with Crippen molar-refractivity contribution in [2.45, 2.75) is 63.8 Å². The van der Waals surface area contributed by atoms with Crippen molar-refractivity contribution in [3.63, 3.8) is 0 Å². The maximum Gasteiger partial charge on any atom is 0.329 e. The third kappa shape index (κ3) is 4.43. The summed E-state index contributed by atoms with van der Waals surface area (Å²) in [6.45, 7) is 2.05. The number of aryl methyl sites for hydroxylation is 1. The monoisotopic (exact) mass is 331 g/mol. The summed E-state index contributed by atoms with van der Waals surface area (Å²) in [5.41, 5.74) is 0.594. The molecule has 0 bridgehead atoms. The molecule has 2 N–H and O–H groups in total. The normalized spacial score (nSPS) is 16.4. The van der Waals surface area contributed by atoms with Crippen LogP contribution in [0, 0.1) is 0 Å². The molecule has 1 aliphatic carbocycles. The third-order valence-electron chi connectivity index (χ3n) is 4.76. The van der Waals surface area contributed by atoms with Crippen LogP contribution in [-0.4, -0.2) is 28.3 Å². The van der Waals surface area contributed by atoms with Crippen LogP contribution in [0.4, 0.5) is 0 Å². The van der Waals surface area contributed by atoms with Gasteiger partial charge in [-0.1, -0.05) is 50.5 Å². The number of hydrogen-bond donors (Lipinski definition) is 2. The number of nitrogens with one attached hydrogen (secondary N) is 1. The van der Waals surface area contributed by atoms with Gasteiger partial charge in [0, 0.05) is 18.4 Å². The smallest absolute Gasteiger partial charge is 0.329 e. The van der Waals surface area contributed by atoms with Crippen molar-refractivity contribution >= 4 is 17.7 Å². The largest absolute Gasteiger partial charge is 0.480 e. The van der Waals surface area contributed by atoms with E-state index in [1.807, 2.05) is 19.1 Å². The van der Waals surface area contributed by atoms with E-state index in [4.69, 9.17) is 0 Å². The van der Waals surface area contributed by atoms with Gasteiger partial charge in [-0.25, -0.2) is 4.79 Å². The van der Waals surface area contributed by atoms with Crippen LogP contribution in [0.5, 0.6) is 0 Å². The number of carboxylic acids is 1. The number of hydrogen-bond acceptors (Lipinski definition) is 3. The van der Waals surface area contributed by atoms with Crippen molar-refractivity contribution in [2.24, 2.45) is 0 Å². The Kier molecular flexibility index (Phi) is 6.12. The number of benzene rings is 1. The molecule has 0 atom stereocenters. The summed E-state index contributed by atoms with van der Waals surface area (Å²) in [5.74, 6) is -1.43. The molecule has 1 aromatic rings. The molecule has 1 amide bonds. The van der Waals surface area contributed by atoms with Gasteiger partial charge in [-0.2, -0.15) is 0 Å². The van der Waals surface area contributed by atoms with Crippen molar-refractivity contribution in [1.29, 1.82) is 0 Å². The van der Waals surface area contributed by atoms with Crippen LogP contribution in [0.3, 0.4) is 0 Å². The van der Waals surface area contributed by atoms with Crippen molar-refractivity contribution in [2.75, 3.05) is 0 Å². The van der Waals surface area contributed by atoms with E-state index in [2.05, 4.69) is 5.32 Å². The molecule has 1 aliphatic rings. The van der Waals surface area contributed by atoms with E-state index < -0.39 is 11.5 Å². The van der Waals surface area contributed by atoms with Crippen molar-refractivity contribution in [3.05, 3.63) is 35.4 Å². The predicted molar refractivity (Wildman–Crippen MR) is 91.0 cm³/mol. The molecule has 24 heavy (non-hydrogen) atoms. The molecule has 1 fully saturated rings. The standard InChI is InChI=1S/C19H25NO4/c1-2-14-6-8-15(9-7-14)16(21)10-11-17(22)20-19(18(23)24)12-4-3-5-13-19/h6-9H,2-5,10-13H2,1H3,(H,20,22)(H,23,24). The number of ketones is 1.